The third-order valence-corrected chi connectivity index (χ3v) is 2.00. The monoisotopic (exact) mass is 203 g/mol. The van der Waals surface area contributed by atoms with Gasteiger partial charge in [-0.15, -0.1) is 0 Å². The van der Waals surface area contributed by atoms with Crippen LogP contribution in [0.1, 0.15) is 16.2 Å². The Balaban J connectivity index is 2.41. The third-order valence-electron chi connectivity index (χ3n) is 2.00. The quantitative estimate of drug-likeness (QED) is 0.813. The van der Waals surface area contributed by atoms with E-state index in [0.717, 1.165) is 11.1 Å². The van der Waals surface area contributed by atoms with E-state index in [2.05, 4.69) is 4.98 Å². The summed E-state index contributed by atoms with van der Waals surface area (Å²) in [7, 11) is 0. The fourth-order valence-corrected chi connectivity index (χ4v) is 1.31. The van der Waals surface area contributed by atoms with Crippen molar-refractivity contribution in [3.05, 3.63) is 42.0 Å². The smallest absolute Gasteiger partial charge is 0.392 e. The van der Waals surface area contributed by atoms with Gasteiger partial charge in [0.1, 0.15) is 12.0 Å². The number of aromatic nitrogens is 1. The number of carboxylic acids is 1. The van der Waals surface area contributed by atoms with Gasteiger partial charge in [0, 0.05) is 5.56 Å². The summed E-state index contributed by atoms with van der Waals surface area (Å²) in [6.07, 6.45) is 1.35. The third kappa shape index (κ3) is 1.88. The van der Waals surface area contributed by atoms with E-state index in [9.17, 15) is 4.79 Å². The van der Waals surface area contributed by atoms with Crippen LogP contribution in [-0.4, -0.2) is 16.1 Å². The Morgan fingerprint density at radius 3 is 2.87 bits per heavy atom. The van der Waals surface area contributed by atoms with Gasteiger partial charge in [0.2, 0.25) is 0 Å². The summed E-state index contributed by atoms with van der Waals surface area (Å²) in [4.78, 5) is 14.4. The van der Waals surface area contributed by atoms with Crippen LogP contribution in [-0.2, 0) is 0 Å². The molecule has 0 radical (unpaired) electrons. The molecule has 0 bridgehead atoms. The molecule has 0 atom stereocenters. The number of hydrogen-bond donors (Lipinski definition) is 1. The number of carbonyl (C=O) groups is 1. The highest BCUT2D eigenvalue weighted by Gasteiger charge is 2.11. The zero-order chi connectivity index (χ0) is 10.8. The molecule has 1 N–H and O–H groups in total. The summed E-state index contributed by atoms with van der Waals surface area (Å²) in [5, 5.41) is 8.64. The largest absolute Gasteiger partial charge is 0.474 e. The van der Waals surface area contributed by atoms with E-state index in [4.69, 9.17) is 9.52 Å². The van der Waals surface area contributed by atoms with Gasteiger partial charge in [0.25, 0.3) is 0 Å². The molecule has 0 fully saturated rings. The summed E-state index contributed by atoms with van der Waals surface area (Å²) >= 11 is 0. The van der Waals surface area contributed by atoms with Crippen molar-refractivity contribution in [2.75, 3.05) is 0 Å². The molecule has 2 rings (SSSR count). The minimum absolute atomic E-state index is 0.286. The van der Waals surface area contributed by atoms with Gasteiger partial charge in [0.05, 0.1) is 0 Å². The van der Waals surface area contributed by atoms with Gasteiger partial charge in [-0.25, -0.2) is 9.78 Å². The highest BCUT2D eigenvalue weighted by Crippen LogP contribution is 2.19. The van der Waals surface area contributed by atoms with Crippen LogP contribution < -0.4 is 0 Å². The standard InChI is InChI=1S/C11H9NO3/c1-7-3-2-4-8(5-7)9-6-15-10(12-9)11(13)14/h2-6H,1H3,(H,13,14). The molecular weight excluding hydrogens is 194 g/mol. The van der Waals surface area contributed by atoms with Crippen molar-refractivity contribution in [2.45, 2.75) is 6.92 Å². The lowest BCUT2D eigenvalue weighted by atomic mass is 10.1. The van der Waals surface area contributed by atoms with Crippen molar-refractivity contribution in [1.82, 2.24) is 4.98 Å². The summed E-state index contributed by atoms with van der Waals surface area (Å²) < 4.78 is 4.81. The molecule has 15 heavy (non-hydrogen) atoms. The van der Waals surface area contributed by atoms with Crippen LogP contribution in [0.3, 0.4) is 0 Å². The maximum atomic E-state index is 10.6. The normalized spacial score (nSPS) is 10.2. The van der Waals surface area contributed by atoms with Crippen molar-refractivity contribution in [2.24, 2.45) is 0 Å². The van der Waals surface area contributed by atoms with Gasteiger partial charge < -0.3 is 9.52 Å². The minimum atomic E-state index is -1.16. The van der Waals surface area contributed by atoms with Gasteiger partial charge >= 0.3 is 11.9 Å². The molecule has 0 saturated heterocycles. The predicted octanol–water partition coefficient (Wildman–Crippen LogP) is 2.35. The van der Waals surface area contributed by atoms with Crippen molar-refractivity contribution >= 4 is 5.97 Å². The summed E-state index contributed by atoms with van der Waals surface area (Å²) in [5.41, 5.74) is 2.48. The number of oxazole rings is 1. The van der Waals surface area contributed by atoms with Crippen molar-refractivity contribution < 1.29 is 14.3 Å². The molecule has 2 aromatic rings. The number of rotatable bonds is 2. The second-order valence-corrected chi connectivity index (χ2v) is 3.21. The van der Waals surface area contributed by atoms with E-state index < -0.39 is 5.97 Å². The van der Waals surface area contributed by atoms with Crippen LogP contribution in [0.5, 0.6) is 0 Å². The van der Waals surface area contributed by atoms with Crippen LogP contribution in [0.4, 0.5) is 0 Å². The van der Waals surface area contributed by atoms with E-state index in [1.54, 1.807) is 0 Å². The van der Waals surface area contributed by atoms with Crippen molar-refractivity contribution in [3.8, 4) is 11.3 Å². The number of aryl methyl sites for hydroxylation is 1. The Morgan fingerprint density at radius 1 is 1.47 bits per heavy atom. The number of carboxylic acid groups (broad SMARTS) is 1. The van der Waals surface area contributed by atoms with Crippen LogP contribution in [0.25, 0.3) is 11.3 Å². The molecule has 4 nitrogen and oxygen atoms in total. The molecule has 0 spiro atoms. The Hall–Kier alpha value is -2.10. The molecule has 4 heteroatoms. The van der Waals surface area contributed by atoms with Crippen LogP contribution in [0, 0.1) is 6.92 Å². The molecule has 1 heterocycles. The maximum Gasteiger partial charge on any atom is 0.392 e. The van der Waals surface area contributed by atoms with Crippen LogP contribution >= 0.6 is 0 Å². The first-order valence-corrected chi connectivity index (χ1v) is 4.42. The lowest BCUT2D eigenvalue weighted by Crippen LogP contribution is -1.95. The van der Waals surface area contributed by atoms with E-state index in [1.165, 1.54) is 6.26 Å². The molecule has 0 aliphatic heterocycles. The zero-order valence-electron chi connectivity index (χ0n) is 8.10. The van der Waals surface area contributed by atoms with Gasteiger partial charge in [-0.1, -0.05) is 23.8 Å². The maximum absolute atomic E-state index is 10.6. The molecule has 76 valence electrons. The second kappa shape index (κ2) is 3.57. The lowest BCUT2D eigenvalue weighted by molar-refractivity contribution is 0.0653. The number of nitrogens with zero attached hydrogens (tertiary/aromatic N) is 1. The van der Waals surface area contributed by atoms with Crippen LogP contribution in [0.15, 0.2) is 34.9 Å². The second-order valence-electron chi connectivity index (χ2n) is 3.21. The first kappa shape index (κ1) is 9.45. The Morgan fingerprint density at radius 2 is 2.27 bits per heavy atom. The fraction of sp³-hybridized carbons (Fsp3) is 0.0909. The summed E-state index contributed by atoms with van der Waals surface area (Å²) in [6, 6.07) is 7.63. The molecule has 0 unspecified atom stereocenters. The van der Waals surface area contributed by atoms with E-state index in [0.29, 0.717) is 5.69 Å². The van der Waals surface area contributed by atoms with Crippen molar-refractivity contribution in [1.29, 1.82) is 0 Å². The van der Waals surface area contributed by atoms with E-state index in [-0.39, 0.29) is 5.89 Å². The van der Waals surface area contributed by atoms with Gasteiger partial charge in [-0.05, 0) is 13.0 Å². The van der Waals surface area contributed by atoms with Gasteiger partial charge in [-0.2, -0.15) is 0 Å². The minimum Gasteiger partial charge on any atom is -0.474 e. The summed E-state index contributed by atoms with van der Waals surface area (Å²) in [5.74, 6) is -1.44. The first-order chi connectivity index (χ1) is 7.16. The highest BCUT2D eigenvalue weighted by atomic mass is 16.4. The molecule has 0 amide bonds. The Labute approximate surface area is 86.2 Å². The number of benzene rings is 1. The van der Waals surface area contributed by atoms with Gasteiger partial charge in [0.15, 0.2) is 0 Å². The topological polar surface area (TPSA) is 63.3 Å². The van der Waals surface area contributed by atoms with E-state index in [1.807, 2.05) is 31.2 Å². The molecule has 0 aliphatic carbocycles. The van der Waals surface area contributed by atoms with Gasteiger partial charge in [-0.3, -0.25) is 0 Å². The molecule has 1 aromatic carbocycles. The average molecular weight is 203 g/mol. The molecule has 1 aromatic heterocycles. The average Bonchev–Trinajstić information content (AvgIpc) is 2.66. The zero-order valence-corrected chi connectivity index (χ0v) is 8.10. The predicted molar refractivity (Wildman–Crippen MR) is 53.6 cm³/mol. The van der Waals surface area contributed by atoms with Crippen LogP contribution in [0.2, 0.25) is 0 Å². The van der Waals surface area contributed by atoms with Crippen molar-refractivity contribution in [3.63, 3.8) is 0 Å². The Bertz CT molecular complexity index is 502. The van der Waals surface area contributed by atoms with E-state index >= 15 is 0 Å². The number of aromatic carboxylic acids is 1. The first-order valence-electron chi connectivity index (χ1n) is 4.42. The SMILES string of the molecule is Cc1cccc(-c2coc(C(=O)O)n2)c1. The highest BCUT2D eigenvalue weighted by molar-refractivity contribution is 5.83. The molecule has 0 saturated carbocycles. The molecule has 0 aliphatic rings. The summed E-state index contributed by atoms with van der Waals surface area (Å²) in [6.45, 7) is 1.96. The Kier molecular flexibility index (Phi) is 2.25. The molecular formula is C11H9NO3. The number of hydrogen-bond acceptors (Lipinski definition) is 3. The lowest BCUT2D eigenvalue weighted by Gasteiger charge is -1.96. The fourth-order valence-electron chi connectivity index (χ4n) is 1.31.